The number of aromatic nitrogens is 1. The molecular weight excluding hydrogens is 280 g/mol. The van der Waals surface area contributed by atoms with Crippen LogP contribution in [0.15, 0.2) is 23.7 Å². The van der Waals surface area contributed by atoms with Crippen LogP contribution in [-0.2, 0) is 0 Å². The van der Waals surface area contributed by atoms with Crippen molar-refractivity contribution in [2.45, 2.75) is 38.6 Å². The van der Waals surface area contributed by atoms with Gasteiger partial charge in [0, 0.05) is 18.8 Å². The maximum atomic E-state index is 9.50. The molecule has 3 nitrogen and oxygen atoms in total. The predicted molar refractivity (Wildman–Crippen MR) is 88.6 cm³/mol. The molecule has 0 radical (unpaired) electrons. The summed E-state index contributed by atoms with van der Waals surface area (Å²) in [7, 11) is 0. The van der Waals surface area contributed by atoms with Crippen molar-refractivity contribution in [2.75, 3.05) is 13.2 Å². The van der Waals surface area contributed by atoms with Gasteiger partial charge in [0.1, 0.15) is 0 Å². The van der Waals surface area contributed by atoms with E-state index in [1.54, 1.807) is 11.3 Å². The van der Waals surface area contributed by atoms with Crippen LogP contribution in [0.1, 0.15) is 44.2 Å². The van der Waals surface area contributed by atoms with Crippen molar-refractivity contribution in [3.63, 3.8) is 0 Å². The fraction of sp³-hybridized carbons (Fsp3) is 0.588. The first-order chi connectivity index (χ1) is 10.3. The standard InChI is InChI=1S/C17H24N2OS/c1-12(15-8-17-16(19-10-15)6-7-21-17)18-9-13-4-2-3-5-14(13)11-20/h6-8,10,12-14,18,20H,2-5,9,11H2,1H3. The van der Waals surface area contributed by atoms with Crippen molar-refractivity contribution in [3.05, 3.63) is 29.3 Å². The van der Waals surface area contributed by atoms with E-state index in [0.29, 0.717) is 24.5 Å². The topological polar surface area (TPSA) is 45.1 Å². The lowest BCUT2D eigenvalue weighted by Gasteiger charge is -2.31. The molecule has 1 saturated carbocycles. The number of pyridine rings is 1. The summed E-state index contributed by atoms with van der Waals surface area (Å²) in [6, 6.07) is 4.62. The molecule has 114 valence electrons. The van der Waals surface area contributed by atoms with Gasteiger partial charge in [-0.25, -0.2) is 0 Å². The molecule has 3 rings (SSSR count). The van der Waals surface area contributed by atoms with Crippen LogP contribution in [0.25, 0.3) is 10.2 Å². The zero-order chi connectivity index (χ0) is 14.7. The third-order valence-electron chi connectivity index (χ3n) is 4.81. The minimum Gasteiger partial charge on any atom is -0.396 e. The van der Waals surface area contributed by atoms with E-state index in [0.717, 1.165) is 12.1 Å². The lowest BCUT2D eigenvalue weighted by Crippen LogP contribution is -2.33. The first-order valence-corrected chi connectivity index (χ1v) is 8.83. The molecule has 3 unspecified atom stereocenters. The van der Waals surface area contributed by atoms with Crippen LogP contribution < -0.4 is 5.32 Å². The third kappa shape index (κ3) is 3.44. The Labute approximate surface area is 130 Å². The fourth-order valence-corrected chi connectivity index (χ4v) is 4.13. The van der Waals surface area contributed by atoms with E-state index in [4.69, 9.17) is 0 Å². The number of aliphatic hydroxyl groups is 1. The Kier molecular flexibility index (Phi) is 4.88. The Morgan fingerprint density at radius 3 is 3.00 bits per heavy atom. The van der Waals surface area contributed by atoms with Gasteiger partial charge in [-0.2, -0.15) is 0 Å². The summed E-state index contributed by atoms with van der Waals surface area (Å²) in [5.41, 5.74) is 2.34. The lowest BCUT2D eigenvalue weighted by atomic mass is 9.79. The van der Waals surface area contributed by atoms with Crippen molar-refractivity contribution < 1.29 is 5.11 Å². The Balaban J connectivity index is 1.61. The normalized spacial score (nSPS) is 24.3. The molecule has 0 bridgehead atoms. The van der Waals surface area contributed by atoms with Crippen LogP contribution in [0.5, 0.6) is 0 Å². The highest BCUT2D eigenvalue weighted by atomic mass is 32.1. The molecule has 1 aliphatic carbocycles. The van der Waals surface area contributed by atoms with E-state index in [-0.39, 0.29) is 0 Å². The van der Waals surface area contributed by atoms with Crippen LogP contribution in [0.4, 0.5) is 0 Å². The van der Waals surface area contributed by atoms with Gasteiger partial charge in [0.05, 0.1) is 10.2 Å². The van der Waals surface area contributed by atoms with Crippen LogP contribution >= 0.6 is 11.3 Å². The van der Waals surface area contributed by atoms with Gasteiger partial charge < -0.3 is 10.4 Å². The van der Waals surface area contributed by atoms with Crippen molar-refractivity contribution in [1.29, 1.82) is 0 Å². The van der Waals surface area contributed by atoms with Crippen LogP contribution in [0.3, 0.4) is 0 Å². The molecule has 2 aromatic heterocycles. The summed E-state index contributed by atoms with van der Waals surface area (Å²) < 4.78 is 1.26. The van der Waals surface area contributed by atoms with Gasteiger partial charge in [0.2, 0.25) is 0 Å². The Morgan fingerprint density at radius 1 is 1.38 bits per heavy atom. The molecule has 1 aliphatic rings. The highest BCUT2D eigenvalue weighted by Gasteiger charge is 2.24. The van der Waals surface area contributed by atoms with E-state index in [1.165, 1.54) is 35.9 Å². The van der Waals surface area contributed by atoms with E-state index in [1.807, 2.05) is 6.20 Å². The van der Waals surface area contributed by atoms with Gasteiger partial charge in [-0.15, -0.1) is 11.3 Å². The van der Waals surface area contributed by atoms with Gasteiger partial charge >= 0.3 is 0 Å². The molecule has 4 heteroatoms. The first-order valence-electron chi connectivity index (χ1n) is 7.95. The van der Waals surface area contributed by atoms with E-state index in [9.17, 15) is 5.11 Å². The largest absolute Gasteiger partial charge is 0.396 e. The minimum absolute atomic E-state index is 0.310. The molecule has 0 saturated heterocycles. The minimum atomic E-state index is 0.310. The summed E-state index contributed by atoms with van der Waals surface area (Å²) in [5, 5.41) is 15.2. The number of nitrogens with zero attached hydrogens (tertiary/aromatic N) is 1. The van der Waals surface area contributed by atoms with Gasteiger partial charge in [-0.1, -0.05) is 12.8 Å². The number of rotatable bonds is 5. The average Bonchev–Trinajstić information content (AvgIpc) is 3.00. The van der Waals surface area contributed by atoms with Gasteiger partial charge in [0.25, 0.3) is 0 Å². The van der Waals surface area contributed by atoms with Gasteiger partial charge in [-0.05, 0) is 61.2 Å². The van der Waals surface area contributed by atoms with Crippen LogP contribution in [-0.4, -0.2) is 23.2 Å². The number of fused-ring (bicyclic) bond motifs is 1. The van der Waals surface area contributed by atoms with Crippen molar-refractivity contribution >= 4 is 21.6 Å². The molecular formula is C17H24N2OS. The number of thiophene rings is 1. The molecule has 3 atom stereocenters. The van der Waals surface area contributed by atoms with Crippen molar-refractivity contribution in [3.8, 4) is 0 Å². The summed E-state index contributed by atoms with van der Waals surface area (Å²) in [5.74, 6) is 1.10. The average molecular weight is 304 g/mol. The Morgan fingerprint density at radius 2 is 2.19 bits per heavy atom. The molecule has 0 amide bonds. The number of aliphatic hydroxyl groups excluding tert-OH is 1. The van der Waals surface area contributed by atoms with E-state index in [2.05, 4.69) is 34.7 Å². The van der Waals surface area contributed by atoms with E-state index < -0.39 is 0 Å². The molecule has 2 heterocycles. The van der Waals surface area contributed by atoms with Gasteiger partial charge in [0.15, 0.2) is 0 Å². The molecule has 21 heavy (non-hydrogen) atoms. The lowest BCUT2D eigenvalue weighted by molar-refractivity contribution is 0.131. The summed E-state index contributed by atoms with van der Waals surface area (Å²) in [4.78, 5) is 4.52. The maximum absolute atomic E-state index is 9.50. The molecule has 2 aromatic rings. The number of hydrogen-bond acceptors (Lipinski definition) is 4. The van der Waals surface area contributed by atoms with Crippen molar-refractivity contribution in [1.82, 2.24) is 10.3 Å². The monoisotopic (exact) mass is 304 g/mol. The van der Waals surface area contributed by atoms with Crippen LogP contribution in [0, 0.1) is 11.8 Å². The smallest absolute Gasteiger partial charge is 0.0809 e. The second kappa shape index (κ2) is 6.86. The second-order valence-corrected chi connectivity index (χ2v) is 7.14. The Hall–Kier alpha value is -0.970. The summed E-state index contributed by atoms with van der Waals surface area (Å²) in [6.07, 6.45) is 6.99. The molecule has 2 N–H and O–H groups in total. The second-order valence-electron chi connectivity index (χ2n) is 6.19. The molecule has 0 aliphatic heterocycles. The van der Waals surface area contributed by atoms with Crippen LogP contribution in [0.2, 0.25) is 0 Å². The fourth-order valence-electron chi connectivity index (χ4n) is 3.34. The first kappa shape index (κ1) is 14.9. The SMILES string of the molecule is CC(NCC1CCCCC1CO)c1cnc2ccsc2c1. The molecule has 0 aromatic carbocycles. The maximum Gasteiger partial charge on any atom is 0.0809 e. The number of hydrogen-bond donors (Lipinski definition) is 2. The zero-order valence-electron chi connectivity index (χ0n) is 12.6. The van der Waals surface area contributed by atoms with E-state index >= 15 is 0 Å². The molecule has 0 spiro atoms. The summed E-state index contributed by atoms with van der Waals surface area (Å²) in [6.45, 7) is 3.53. The molecule has 1 fully saturated rings. The van der Waals surface area contributed by atoms with Gasteiger partial charge in [-0.3, -0.25) is 4.98 Å². The quantitative estimate of drug-likeness (QED) is 0.884. The zero-order valence-corrected chi connectivity index (χ0v) is 13.4. The number of nitrogens with one attached hydrogen (secondary N) is 1. The predicted octanol–water partition coefficient (Wildman–Crippen LogP) is 3.75. The van der Waals surface area contributed by atoms with Crippen molar-refractivity contribution in [2.24, 2.45) is 11.8 Å². The third-order valence-corrected chi connectivity index (χ3v) is 5.66. The Bertz CT molecular complexity index is 583. The highest BCUT2D eigenvalue weighted by molar-refractivity contribution is 7.17. The highest BCUT2D eigenvalue weighted by Crippen LogP contribution is 2.30. The summed E-state index contributed by atoms with van der Waals surface area (Å²) >= 11 is 1.75.